The molecule has 202 valence electrons. The molecule has 1 unspecified atom stereocenters. The molecule has 39 heavy (non-hydrogen) atoms. The SMILES string of the molecule is [2H]C([2H])([2H])n1[c](=[Pt])n(-c2cccc(Oc3ccc4c(c3)N(c3cc(C(C)(C)C)ccn3)CCC4C)c2)c2ccccc21. The summed E-state index contributed by atoms with van der Waals surface area (Å²) in [6.07, 6.45) is 2.96. The third kappa shape index (κ3) is 4.78. The number of para-hydroxylation sites is 2. The minimum atomic E-state index is -2.30. The van der Waals surface area contributed by atoms with E-state index >= 15 is 0 Å². The molecular formula is C33H34N4OPt. The Bertz CT molecular complexity index is 1850. The van der Waals surface area contributed by atoms with E-state index in [1.165, 1.54) is 15.7 Å². The van der Waals surface area contributed by atoms with Gasteiger partial charge in [0, 0.05) is 6.20 Å². The number of imidazole rings is 1. The van der Waals surface area contributed by atoms with E-state index in [2.05, 4.69) is 76.2 Å². The molecule has 0 bridgehead atoms. The zero-order valence-corrected chi connectivity index (χ0v) is 24.9. The van der Waals surface area contributed by atoms with Crippen LogP contribution in [0.5, 0.6) is 11.5 Å². The first-order valence-electron chi connectivity index (χ1n) is 14.8. The fourth-order valence-corrected chi connectivity index (χ4v) is 6.13. The number of pyridine rings is 1. The monoisotopic (exact) mass is 700 g/mol. The first-order valence-corrected chi connectivity index (χ1v) is 14.4. The Morgan fingerprint density at radius 1 is 0.949 bits per heavy atom. The van der Waals surface area contributed by atoms with Gasteiger partial charge in [-0.2, -0.15) is 0 Å². The molecule has 0 fully saturated rings. The third-order valence-electron chi connectivity index (χ3n) is 7.51. The van der Waals surface area contributed by atoms with Gasteiger partial charge in [0.05, 0.1) is 0 Å². The summed E-state index contributed by atoms with van der Waals surface area (Å²) in [6, 6.07) is 25.9. The molecule has 2 aromatic heterocycles. The van der Waals surface area contributed by atoms with Crippen LogP contribution >= 0.6 is 0 Å². The molecule has 5 nitrogen and oxygen atoms in total. The van der Waals surface area contributed by atoms with Gasteiger partial charge in [0.25, 0.3) is 0 Å². The van der Waals surface area contributed by atoms with Crippen molar-refractivity contribution in [2.45, 2.75) is 45.4 Å². The summed E-state index contributed by atoms with van der Waals surface area (Å²) in [7, 11) is 0. The number of aromatic nitrogens is 3. The van der Waals surface area contributed by atoms with Gasteiger partial charge in [0.15, 0.2) is 0 Å². The van der Waals surface area contributed by atoms with E-state index in [9.17, 15) is 0 Å². The van der Waals surface area contributed by atoms with E-state index in [1.807, 2.05) is 65.4 Å². The molecule has 0 spiro atoms. The van der Waals surface area contributed by atoms with E-state index in [0.717, 1.165) is 41.4 Å². The van der Waals surface area contributed by atoms with Gasteiger partial charge in [-0.3, -0.25) is 0 Å². The van der Waals surface area contributed by atoms with Crippen molar-refractivity contribution in [2.75, 3.05) is 11.4 Å². The van der Waals surface area contributed by atoms with Gasteiger partial charge in [-0.25, -0.2) is 0 Å². The van der Waals surface area contributed by atoms with E-state index in [0.29, 0.717) is 21.0 Å². The Hall–Kier alpha value is -3.43. The molecule has 1 aliphatic heterocycles. The van der Waals surface area contributed by atoms with Crippen molar-refractivity contribution in [2.24, 2.45) is 6.98 Å². The van der Waals surface area contributed by atoms with Crippen LogP contribution in [0.25, 0.3) is 16.7 Å². The van der Waals surface area contributed by atoms with E-state index in [-0.39, 0.29) is 5.41 Å². The van der Waals surface area contributed by atoms with Crippen molar-refractivity contribution in [3.63, 3.8) is 0 Å². The molecule has 3 heterocycles. The predicted molar refractivity (Wildman–Crippen MR) is 155 cm³/mol. The van der Waals surface area contributed by atoms with Crippen molar-refractivity contribution in [1.29, 1.82) is 0 Å². The van der Waals surface area contributed by atoms with Gasteiger partial charge < -0.3 is 0 Å². The zero-order valence-electron chi connectivity index (χ0n) is 25.6. The average Bonchev–Trinajstić information content (AvgIpc) is 3.25. The molecule has 0 N–H and O–H groups in total. The number of ether oxygens (including phenoxy) is 1. The molecule has 0 aliphatic carbocycles. The Kier molecular flexibility index (Phi) is 5.71. The Labute approximate surface area is 245 Å². The Morgan fingerprint density at radius 2 is 1.74 bits per heavy atom. The summed E-state index contributed by atoms with van der Waals surface area (Å²) in [5.41, 5.74) is 5.99. The summed E-state index contributed by atoms with van der Waals surface area (Å²) in [5, 5.41) is 0. The van der Waals surface area contributed by atoms with Crippen LogP contribution in [0, 0.1) is 3.80 Å². The molecule has 0 saturated heterocycles. The molecule has 1 atom stereocenters. The predicted octanol–water partition coefficient (Wildman–Crippen LogP) is 8.18. The van der Waals surface area contributed by atoms with Crippen LogP contribution in [-0.2, 0) is 31.7 Å². The number of aryl methyl sites for hydroxylation is 1. The fourth-order valence-electron chi connectivity index (χ4n) is 5.29. The summed E-state index contributed by atoms with van der Waals surface area (Å²) >= 11 is 2.09. The number of fused-ring (bicyclic) bond motifs is 2. The van der Waals surface area contributed by atoms with Gasteiger partial charge >= 0.3 is 202 Å². The molecule has 0 saturated carbocycles. The van der Waals surface area contributed by atoms with Crippen molar-refractivity contribution in [1.82, 2.24) is 14.1 Å². The first-order chi connectivity index (χ1) is 19.9. The standard InChI is InChI=1S/C33H34N4O.Pt/c1-23-16-18-36(32-19-24(15-17-34-32)33(2,3)4)31-21-27(13-14-28(23)31)38-26-10-8-9-25(20-26)37-22-35(5)29-11-6-7-12-30(29)37;/h6-15,17,19-21,23H,16,18H2,1-5H3;/i5D3;. The number of hydrogen-bond acceptors (Lipinski definition) is 3. The second kappa shape index (κ2) is 9.95. The maximum atomic E-state index is 8.12. The minimum absolute atomic E-state index is 0.0330. The molecule has 0 amide bonds. The summed E-state index contributed by atoms with van der Waals surface area (Å²) in [4.78, 5) is 7.05. The number of nitrogens with zero attached hydrogens (tertiary/aromatic N) is 4. The van der Waals surface area contributed by atoms with Gasteiger partial charge in [0.2, 0.25) is 0 Å². The third-order valence-corrected chi connectivity index (χ3v) is 8.53. The number of benzene rings is 3. The van der Waals surface area contributed by atoms with Crippen molar-refractivity contribution in [3.8, 4) is 17.2 Å². The second-order valence-electron chi connectivity index (χ2n) is 11.2. The van der Waals surface area contributed by atoms with Gasteiger partial charge in [0.1, 0.15) is 0 Å². The summed E-state index contributed by atoms with van der Waals surface area (Å²) in [6.45, 7) is 7.52. The quantitative estimate of drug-likeness (QED) is 0.190. The topological polar surface area (TPSA) is 35.2 Å². The van der Waals surface area contributed by atoms with Crippen molar-refractivity contribution in [3.05, 3.63) is 100.0 Å². The van der Waals surface area contributed by atoms with Crippen LogP contribution in [0.15, 0.2) is 85.1 Å². The maximum absolute atomic E-state index is 8.12. The van der Waals surface area contributed by atoms with Crippen molar-refractivity contribution >= 4 is 22.5 Å². The van der Waals surface area contributed by atoms with Gasteiger partial charge in [-0.15, -0.1) is 0 Å². The fraction of sp³-hybridized carbons (Fsp3) is 0.273. The molecule has 1 aliphatic rings. The normalized spacial score (nSPS) is 16.9. The zero-order chi connectivity index (χ0) is 29.8. The average molecular weight is 701 g/mol. The molecule has 5 aromatic rings. The molecular weight excluding hydrogens is 663 g/mol. The van der Waals surface area contributed by atoms with E-state index in [4.69, 9.17) is 13.8 Å². The van der Waals surface area contributed by atoms with Crippen LogP contribution in [0.1, 0.15) is 55.3 Å². The molecule has 0 radical (unpaired) electrons. The van der Waals surface area contributed by atoms with Crippen LogP contribution in [-0.4, -0.2) is 20.7 Å². The number of rotatable bonds is 4. The number of anilines is 2. The van der Waals surface area contributed by atoms with E-state index < -0.39 is 6.98 Å². The summed E-state index contributed by atoms with van der Waals surface area (Å²) < 4.78 is 34.8. The molecule has 6 rings (SSSR count). The van der Waals surface area contributed by atoms with Crippen molar-refractivity contribution < 1.29 is 28.2 Å². The first kappa shape index (κ1) is 22.4. The van der Waals surface area contributed by atoms with Gasteiger partial charge in [-0.05, 0) is 17.0 Å². The van der Waals surface area contributed by atoms with Crippen LogP contribution < -0.4 is 9.64 Å². The Balaban J connectivity index is 1.37. The van der Waals surface area contributed by atoms with Crippen LogP contribution in [0.3, 0.4) is 0 Å². The van der Waals surface area contributed by atoms with E-state index in [1.54, 1.807) is 0 Å². The second-order valence-corrected chi connectivity index (χ2v) is 12.2. The molecule has 6 heteroatoms. The van der Waals surface area contributed by atoms with Crippen LogP contribution in [0.2, 0.25) is 0 Å². The molecule has 3 aromatic carbocycles. The number of hydrogen-bond donors (Lipinski definition) is 0. The Morgan fingerprint density at radius 3 is 2.54 bits per heavy atom. The van der Waals surface area contributed by atoms with Crippen LogP contribution in [0.4, 0.5) is 11.5 Å². The van der Waals surface area contributed by atoms with Gasteiger partial charge in [-0.1, -0.05) is 20.8 Å². The summed E-state index contributed by atoms with van der Waals surface area (Å²) in [5.74, 6) is 2.80.